The molecule has 0 bridgehead atoms. The molecule has 4 aromatic carbocycles. The number of hydrogen-bond acceptors (Lipinski definition) is 13. The third-order valence-electron chi connectivity index (χ3n) is 6.98. The zero-order valence-corrected chi connectivity index (χ0v) is 28.7. The number of azo groups is 1. The van der Waals surface area contributed by atoms with Crippen molar-refractivity contribution in [3.8, 4) is 0 Å². The van der Waals surface area contributed by atoms with Crippen LogP contribution < -0.4 is 16.1 Å². The van der Waals surface area contributed by atoms with Gasteiger partial charge in [-0.2, -0.15) is 40.6 Å². The third-order valence-corrected chi connectivity index (χ3v) is 9.61. The Morgan fingerprint density at radius 1 is 0.673 bits per heavy atom. The molecule has 0 aliphatic heterocycles. The molecule has 18 nitrogen and oxygen atoms in total. The second-order valence-electron chi connectivity index (χ2n) is 10.7. The number of hydrogen-bond donors (Lipinski definition) is 6. The first-order chi connectivity index (χ1) is 24.3. The van der Waals surface area contributed by atoms with E-state index in [1.807, 2.05) is 0 Å². The number of carbonyl (C=O) groups excluding carboxylic acids is 3. The van der Waals surface area contributed by atoms with Crippen molar-refractivity contribution in [3.05, 3.63) is 107 Å². The van der Waals surface area contributed by atoms with Crippen molar-refractivity contribution < 1.29 is 53.3 Å². The van der Waals surface area contributed by atoms with Crippen molar-refractivity contribution in [2.75, 3.05) is 16.1 Å². The topological polar surface area (TPSA) is 287 Å². The van der Waals surface area contributed by atoms with Crippen LogP contribution in [0.1, 0.15) is 33.2 Å². The van der Waals surface area contributed by atoms with E-state index in [1.54, 1.807) is 24.3 Å². The minimum atomic E-state index is -5.11. The summed E-state index contributed by atoms with van der Waals surface area (Å²) in [4.78, 5) is 35.7. The van der Waals surface area contributed by atoms with Crippen LogP contribution in [0, 0.1) is 0 Å². The number of ketones is 1. The fraction of sp³-hybridized carbons (Fsp3) is 0.0323. The van der Waals surface area contributed by atoms with Crippen LogP contribution in [0.15, 0.2) is 115 Å². The molecule has 0 fully saturated rings. The van der Waals surface area contributed by atoms with Gasteiger partial charge in [0.05, 0.1) is 27.6 Å². The molecule has 0 atom stereocenters. The summed E-state index contributed by atoms with van der Waals surface area (Å²) in [6, 6.07) is 18.5. The van der Waals surface area contributed by atoms with Gasteiger partial charge >= 0.3 is 0 Å². The molecule has 52 heavy (non-hydrogen) atoms. The van der Waals surface area contributed by atoms with Gasteiger partial charge in [0.15, 0.2) is 5.71 Å². The lowest BCUT2D eigenvalue weighted by atomic mass is 9.94. The Hall–Kier alpha value is -5.97. The zero-order valence-electron chi connectivity index (χ0n) is 26.2. The van der Waals surface area contributed by atoms with Gasteiger partial charge in [-0.25, -0.2) is 0 Å². The van der Waals surface area contributed by atoms with E-state index in [2.05, 4.69) is 31.4 Å². The molecule has 6 N–H and O–H groups in total. The molecule has 1 aliphatic rings. The first-order valence-corrected chi connectivity index (χ1v) is 18.6. The van der Waals surface area contributed by atoms with Crippen LogP contribution in [-0.4, -0.2) is 62.2 Å². The standard InChI is InChI=1S/C31H24N6O12S3/c1-17(38)32-26-16-25-19(14-27(26)51(44,45)46)15-28(52(47,48)49)29(30(25)39)37-36-21-4-2-18(3-5-21)31(40)33-20-6-8-22(9-7-20)34-35-23-10-12-24(13-11-23)50(41,42)43/h2-16,36H,1H3,(H,32,38)(H,33,40)(H,41,42,43)(H,44,45,46)(H,47,48,49)/b35-34?,37-29-. The average molecular weight is 769 g/mol. The summed E-state index contributed by atoms with van der Waals surface area (Å²) in [6.45, 7) is 1.05. The molecule has 0 saturated heterocycles. The number of nitrogens with one attached hydrogen (secondary N) is 3. The first kappa shape index (κ1) is 37.3. The van der Waals surface area contributed by atoms with Crippen LogP contribution in [-0.2, 0) is 35.1 Å². The molecule has 0 radical (unpaired) electrons. The molecule has 268 valence electrons. The number of allylic oxidation sites excluding steroid dienone is 1. The molecule has 0 heterocycles. The average Bonchev–Trinajstić information content (AvgIpc) is 3.06. The fourth-order valence-corrected chi connectivity index (χ4v) is 6.40. The highest BCUT2D eigenvalue weighted by molar-refractivity contribution is 7.91. The number of carbonyl (C=O) groups is 3. The van der Waals surface area contributed by atoms with Crippen LogP contribution >= 0.6 is 0 Å². The first-order valence-electron chi connectivity index (χ1n) is 14.3. The quantitative estimate of drug-likeness (QED) is 0.0725. The predicted molar refractivity (Wildman–Crippen MR) is 187 cm³/mol. The molecule has 0 saturated carbocycles. The summed E-state index contributed by atoms with van der Waals surface area (Å²) in [5.74, 6) is -2.33. The van der Waals surface area contributed by atoms with Crippen LogP contribution in [0.25, 0.3) is 6.08 Å². The normalized spacial score (nSPS) is 14.1. The van der Waals surface area contributed by atoms with Crippen LogP contribution in [0.4, 0.5) is 28.4 Å². The Bertz CT molecular complexity index is 2550. The Morgan fingerprint density at radius 2 is 1.23 bits per heavy atom. The summed E-state index contributed by atoms with van der Waals surface area (Å²) < 4.78 is 99.0. The molecule has 4 aromatic rings. The smallest absolute Gasteiger partial charge is 0.296 e. The van der Waals surface area contributed by atoms with Gasteiger partial charge in [-0.15, -0.1) is 0 Å². The van der Waals surface area contributed by atoms with Crippen molar-refractivity contribution in [2.45, 2.75) is 16.7 Å². The second kappa shape index (κ2) is 14.3. The van der Waals surface area contributed by atoms with Crippen molar-refractivity contribution in [1.29, 1.82) is 0 Å². The van der Waals surface area contributed by atoms with Crippen LogP contribution in [0.3, 0.4) is 0 Å². The van der Waals surface area contributed by atoms with Crippen LogP contribution in [0.2, 0.25) is 0 Å². The van der Waals surface area contributed by atoms with Gasteiger partial charge in [0.2, 0.25) is 11.7 Å². The number of Topliss-reactive ketones (excluding diaryl/α,β-unsaturated/α-hetero) is 1. The highest BCUT2D eigenvalue weighted by Gasteiger charge is 2.34. The van der Waals surface area contributed by atoms with Gasteiger partial charge in [0.1, 0.15) is 9.80 Å². The molecule has 0 spiro atoms. The summed E-state index contributed by atoms with van der Waals surface area (Å²) in [5.41, 5.74) is 2.13. The monoisotopic (exact) mass is 768 g/mol. The maximum Gasteiger partial charge on any atom is 0.296 e. The summed E-state index contributed by atoms with van der Waals surface area (Å²) in [5, 5.41) is 16.7. The molecule has 5 rings (SSSR count). The maximum atomic E-state index is 13.4. The number of benzene rings is 4. The van der Waals surface area contributed by atoms with Crippen molar-refractivity contribution >= 4 is 88.2 Å². The highest BCUT2D eigenvalue weighted by Crippen LogP contribution is 2.33. The molecule has 21 heteroatoms. The van der Waals surface area contributed by atoms with Crippen LogP contribution in [0.5, 0.6) is 0 Å². The Labute approximate surface area is 295 Å². The fourth-order valence-electron chi connectivity index (χ4n) is 4.60. The van der Waals surface area contributed by atoms with E-state index in [-0.39, 0.29) is 27.3 Å². The van der Waals surface area contributed by atoms with Crippen molar-refractivity contribution in [3.63, 3.8) is 0 Å². The largest absolute Gasteiger partial charge is 0.325 e. The number of fused-ring (bicyclic) bond motifs is 1. The van der Waals surface area contributed by atoms with E-state index in [9.17, 15) is 48.7 Å². The minimum absolute atomic E-state index is 0.181. The van der Waals surface area contributed by atoms with Gasteiger partial charge in [0, 0.05) is 23.7 Å². The Morgan fingerprint density at radius 3 is 1.75 bits per heavy atom. The number of amides is 2. The number of nitrogens with zero attached hydrogens (tertiary/aromatic N) is 3. The van der Waals surface area contributed by atoms with E-state index >= 15 is 0 Å². The third kappa shape index (κ3) is 8.84. The van der Waals surface area contributed by atoms with Gasteiger partial charge in [-0.05, 0) is 96.6 Å². The lowest BCUT2D eigenvalue weighted by Crippen LogP contribution is -2.27. The summed E-state index contributed by atoms with van der Waals surface area (Å²) >= 11 is 0. The lowest BCUT2D eigenvalue weighted by Gasteiger charge is -2.19. The molecule has 0 aromatic heterocycles. The van der Waals surface area contributed by atoms with E-state index in [1.165, 1.54) is 48.5 Å². The molecular weight excluding hydrogens is 745 g/mol. The number of rotatable bonds is 10. The van der Waals surface area contributed by atoms with Gasteiger partial charge in [-0.1, -0.05) is 0 Å². The summed E-state index contributed by atoms with van der Waals surface area (Å²) in [6.07, 6.45) is 0.773. The lowest BCUT2D eigenvalue weighted by molar-refractivity contribution is -0.114. The second-order valence-corrected chi connectivity index (χ2v) is 14.9. The summed E-state index contributed by atoms with van der Waals surface area (Å²) in [7, 11) is -14.4. The zero-order chi connectivity index (χ0) is 38.0. The molecule has 2 amide bonds. The van der Waals surface area contributed by atoms with Crippen molar-refractivity contribution in [1.82, 2.24) is 0 Å². The molecular formula is C31H24N6O12S3. The Balaban J connectivity index is 1.29. The van der Waals surface area contributed by atoms with Gasteiger partial charge < -0.3 is 10.6 Å². The highest BCUT2D eigenvalue weighted by atomic mass is 32.2. The van der Waals surface area contributed by atoms with Crippen molar-refractivity contribution in [2.24, 2.45) is 15.3 Å². The number of anilines is 3. The van der Waals surface area contributed by atoms with E-state index < -0.39 is 69.2 Å². The van der Waals surface area contributed by atoms with E-state index in [4.69, 9.17) is 4.55 Å². The molecule has 0 unspecified atom stereocenters. The van der Waals surface area contributed by atoms with Gasteiger partial charge in [0.25, 0.3) is 36.3 Å². The van der Waals surface area contributed by atoms with Gasteiger partial charge in [-0.3, -0.25) is 33.5 Å². The maximum absolute atomic E-state index is 13.4. The Kier molecular flexibility index (Phi) is 10.3. The van der Waals surface area contributed by atoms with E-state index in [0.717, 1.165) is 25.1 Å². The minimum Gasteiger partial charge on any atom is -0.325 e. The SMILES string of the molecule is CC(=O)Nc1cc2c(cc1S(=O)(=O)O)C=C(S(=O)(=O)O)/C(=N/Nc1ccc(C(=O)Nc3ccc(N=Nc4ccc(S(=O)(=O)O)cc4)cc3)cc1)C2=O. The van der Waals surface area contributed by atoms with E-state index in [0.29, 0.717) is 17.1 Å². The number of hydrazone groups is 1. The predicted octanol–water partition coefficient (Wildman–Crippen LogP) is 4.70. The molecule has 1 aliphatic carbocycles.